The maximum atomic E-state index is 13.1. The van der Waals surface area contributed by atoms with Gasteiger partial charge in [-0.05, 0) is 49.4 Å². The number of anilines is 1. The highest BCUT2D eigenvalue weighted by Gasteiger charge is 2.42. The third kappa shape index (κ3) is 3.96. The molecule has 1 aromatic carbocycles. The van der Waals surface area contributed by atoms with Gasteiger partial charge in [-0.1, -0.05) is 6.92 Å². The summed E-state index contributed by atoms with van der Waals surface area (Å²) in [5.74, 6) is -0.727. The molecule has 2 aliphatic rings. The number of carbonyl (C=O) groups excluding carboxylic acids is 2. The summed E-state index contributed by atoms with van der Waals surface area (Å²) in [6.45, 7) is 3.75. The van der Waals surface area contributed by atoms with Crippen molar-refractivity contribution in [3.05, 3.63) is 30.1 Å². The van der Waals surface area contributed by atoms with Gasteiger partial charge >= 0.3 is 0 Å². The summed E-state index contributed by atoms with van der Waals surface area (Å²) in [5.41, 5.74) is 6.47. The van der Waals surface area contributed by atoms with Crippen LogP contribution in [0.25, 0.3) is 0 Å². The summed E-state index contributed by atoms with van der Waals surface area (Å²) in [7, 11) is 0. The molecule has 0 bridgehead atoms. The Bertz CT molecular complexity index is 625. The van der Waals surface area contributed by atoms with Gasteiger partial charge in [0.25, 0.3) is 0 Å². The summed E-state index contributed by atoms with van der Waals surface area (Å²) in [6, 6.07) is 5.83. The van der Waals surface area contributed by atoms with Gasteiger partial charge in [-0.15, -0.1) is 12.4 Å². The fourth-order valence-electron chi connectivity index (χ4n) is 3.75. The van der Waals surface area contributed by atoms with Crippen molar-refractivity contribution in [2.75, 3.05) is 24.5 Å². The molecule has 2 heterocycles. The van der Waals surface area contributed by atoms with Gasteiger partial charge in [0, 0.05) is 31.4 Å². The van der Waals surface area contributed by atoms with Crippen LogP contribution in [0.1, 0.15) is 26.2 Å². The standard InChI is InChI=1S/C18H24FN3O2.ClH/c1-12-6-8-22(15(10-12)11-20)18(24)16-7-9-21(17(16)23)14-4-2-13(19)3-5-14;/h2-5,12,15-16H,6-11,20H2,1H3;1H. The molecule has 0 saturated carbocycles. The minimum atomic E-state index is -0.641. The molecule has 3 atom stereocenters. The van der Waals surface area contributed by atoms with Gasteiger partial charge in [-0.25, -0.2) is 4.39 Å². The average molecular weight is 370 g/mol. The van der Waals surface area contributed by atoms with E-state index in [-0.39, 0.29) is 36.1 Å². The molecule has 0 radical (unpaired) electrons. The van der Waals surface area contributed by atoms with Gasteiger partial charge in [0.15, 0.2) is 0 Å². The number of likely N-dealkylation sites (tertiary alicyclic amines) is 1. The molecule has 2 aliphatic heterocycles. The zero-order valence-corrected chi connectivity index (χ0v) is 15.2. The van der Waals surface area contributed by atoms with E-state index in [4.69, 9.17) is 5.73 Å². The molecule has 138 valence electrons. The van der Waals surface area contributed by atoms with E-state index in [1.807, 2.05) is 0 Å². The lowest BCUT2D eigenvalue weighted by Gasteiger charge is -2.39. The normalized spacial score (nSPS) is 26.5. The Morgan fingerprint density at radius 1 is 1.24 bits per heavy atom. The van der Waals surface area contributed by atoms with E-state index in [0.717, 1.165) is 12.8 Å². The van der Waals surface area contributed by atoms with Crippen LogP contribution < -0.4 is 10.6 Å². The molecule has 0 aliphatic carbocycles. The molecule has 25 heavy (non-hydrogen) atoms. The first kappa shape index (κ1) is 19.7. The van der Waals surface area contributed by atoms with E-state index in [1.54, 1.807) is 21.9 Å². The van der Waals surface area contributed by atoms with Gasteiger partial charge in [0.2, 0.25) is 11.8 Å². The molecule has 3 rings (SSSR count). The number of hydrogen-bond acceptors (Lipinski definition) is 3. The first-order valence-electron chi connectivity index (χ1n) is 8.58. The fraction of sp³-hybridized carbons (Fsp3) is 0.556. The highest BCUT2D eigenvalue weighted by atomic mass is 35.5. The first-order valence-corrected chi connectivity index (χ1v) is 8.58. The molecular weight excluding hydrogens is 345 g/mol. The molecule has 5 nitrogen and oxygen atoms in total. The van der Waals surface area contributed by atoms with E-state index in [9.17, 15) is 14.0 Å². The number of hydrogen-bond donors (Lipinski definition) is 1. The second-order valence-corrected chi connectivity index (χ2v) is 6.86. The van der Waals surface area contributed by atoms with Gasteiger partial charge in [0.05, 0.1) is 0 Å². The lowest BCUT2D eigenvalue weighted by atomic mass is 9.91. The number of nitrogens with zero attached hydrogens (tertiary/aromatic N) is 2. The molecule has 2 saturated heterocycles. The summed E-state index contributed by atoms with van der Waals surface area (Å²) < 4.78 is 13.1. The van der Waals surface area contributed by atoms with Crippen molar-refractivity contribution < 1.29 is 14.0 Å². The van der Waals surface area contributed by atoms with E-state index < -0.39 is 5.92 Å². The molecule has 2 N–H and O–H groups in total. The molecule has 2 amide bonds. The topological polar surface area (TPSA) is 66.6 Å². The fourth-order valence-corrected chi connectivity index (χ4v) is 3.75. The predicted molar refractivity (Wildman–Crippen MR) is 97.1 cm³/mol. The van der Waals surface area contributed by atoms with E-state index >= 15 is 0 Å². The smallest absolute Gasteiger partial charge is 0.239 e. The van der Waals surface area contributed by atoms with Crippen LogP contribution in [0.15, 0.2) is 24.3 Å². The van der Waals surface area contributed by atoms with Crippen LogP contribution in [0.4, 0.5) is 10.1 Å². The van der Waals surface area contributed by atoms with Crippen molar-refractivity contribution in [3.63, 3.8) is 0 Å². The molecule has 2 fully saturated rings. The lowest BCUT2D eigenvalue weighted by Crippen LogP contribution is -2.52. The van der Waals surface area contributed by atoms with Crippen LogP contribution in [0.5, 0.6) is 0 Å². The highest BCUT2D eigenvalue weighted by Crippen LogP contribution is 2.30. The molecular formula is C18H25ClFN3O2. The van der Waals surface area contributed by atoms with Crippen molar-refractivity contribution in [2.45, 2.75) is 32.2 Å². The minimum absolute atomic E-state index is 0. The summed E-state index contributed by atoms with van der Waals surface area (Å²) in [6.07, 6.45) is 2.34. The second-order valence-electron chi connectivity index (χ2n) is 6.86. The Hall–Kier alpha value is -1.66. The number of halogens is 2. The maximum Gasteiger partial charge on any atom is 0.239 e. The first-order chi connectivity index (χ1) is 11.5. The van der Waals surface area contributed by atoms with Crippen molar-refractivity contribution in [3.8, 4) is 0 Å². The van der Waals surface area contributed by atoms with Crippen LogP contribution >= 0.6 is 12.4 Å². The van der Waals surface area contributed by atoms with Gasteiger partial charge < -0.3 is 15.5 Å². The second kappa shape index (κ2) is 8.15. The zero-order chi connectivity index (χ0) is 17.3. The van der Waals surface area contributed by atoms with Crippen molar-refractivity contribution in [2.24, 2.45) is 17.6 Å². The minimum Gasteiger partial charge on any atom is -0.338 e. The Morgan fingerprint density at radius 3 is 2.56 bits per heavy atom. The molecule has 7 heteroatoms. The molecule has 3 unspecified atom stereocenters. The number of amides is 2. The average Bonchev–Trinajstić information content (AvgIpc) is 2.96. The van der Waals surface area contributed by atoms with Gasteiger partial charge in [-0.2, -0.15) is 0 Å². The van der Waals surface area contributed by atoms with Crippen LogP contribution in [0, 0.1) is 17.7 Å². The van der Waals surface area contributed by atoms with Crippen molar-refractivity contribution in [1.82, 2.24) is 4.90 Å². The summed E-state index contributed by atoms with van der Waals surface area (Å²) >= 11 is 0. The number of piperidine rings is 1. The van der Waals surface area contributed by atoms with Crippen LogP contribution in [0.2, 0.25) is 0 Å². The highest BCUT2D eigenvalue weighted by molar-refractivity contribution is 6.09. The number of benzene rings is 1. The molecule has 0 spiro atoms. The molecule has 0 aromatic heterocycles. The van der Waals surface area contributed by atoms with Crippen molar-refractivity contribution in [1.29, 1.82) is 0 Å². The van der Waals surface area contributed by atoms with Gasteiger partial charge in [-0.3, -0.25) is 9.59 Å². The third-order valence-electron chi connectivity index (χ3n) is 5.18. The van der Waals surface area contributed by atoms with E-state index in [1.165, 1.54) is 12.1 Å². The van der Waals surface area contributed by atoms with E-state index in [0.29, 0.717) is 37.7 Å². The quantitative estimate of drug-likeness (QED) is 0.830. The van der Waals surface area contributed by atoms with Crippen LogP contribution in [-0.4, -0.2) is 42.4 Å². The van der Waals surface area contributed by atoms with E-state index in [2.05, 4.69) is 6.92 Å². The Kier molecular flexibility index (Phi) is 6.41. The SMILES string of the molecule is CC1CCN(C(=O)C2CCN(c3ccc(F)cc3)C2=O)C(CN)C1.Cl. The van der Waals surface area contributed by atoms with Crippen LogP contribution in [0.3, 0.4) is 0 Å². The molecule has 1 aromatic rings. The van der Waals surface area contributed by atoms with Crippen molar-refractivity contribution >= 4 is 29.9 Å². The maximum absolute atomic E-state index is 13.1. The monoisotopic (exact) mass is 369 g/mol. The number of nitrogens with two attached hydrogens (primary N) is 1. The summed E-state index contributed by atoms with van der Waals surface area (Å²) in [5, 5.41) is 0. The Labute approximate surface area is 153 Å². The zero-order valence-electron chi connectivity index (χ0n) is 14.4. The van der Waals surface area contributed by atoms with Crippen LogP contribution in [-0.2, 0) is 9.59 Å². The lowest BCUT2D eigenvalue weighted by molar-refractivity contribution is -0.143. The third-order valence-corrected chi connectivity index (χ3v) is 5.18. The number of carbonyl (C=O) groups is 2. The number of rotatable bonds is 3. The largest absolute Gasteiger partial charge is 0.338 e. The summed E-state index contributed by atoms with van der Waals surface area (Å²) in [4.78, 5) is 28.9. The predicted octanol–water partition coefficient (Wildman–Crippen LogP) is 2.19. The van der Waals surface area contributed by atoms with Gasteiger partial charge in [0.1, 0.15) is 11.7 Å². The Balaban J connectivity index is 0.00000225. The Morgan fingerprint density at radius 2 is 1.92 bits per heavy atom.